The zero-order valence-corrected chi connectivity index (χ0v) is 10.4. The predicted molar refractivity (Wildman–Crippen MR) is 64.0 cm³/mol. The summed E-state index contributed by atoms with van der Waals surface area (Å²) in [6.45, 7) is 5.01. The van der Waals surface area contributed by atoms with Gasteiger partial charge < -0.3 is 10.6 Å². The average molecular weight is 224 g/mol. The summed E-state index contributed by atoms with van der Waals surface area (Å²) in [5.41, 5.74) is 6.23. The van der Waals surface area contributed by atoms with E-state index in [-0.39, 0.29) is 5.91 Å². The minimum atomic E-state index is -0.0637. The number of nitrogen functional groups attached to an aromatic ring is 1. The van der Waals surface area contributed by atoms with E-state index in [1.807, 2.05) is 0 Å². The summed E-state index contributed by atoms with van der Waals surface area (Å²) in [7, 11) is 3.51. The highest BCUT2D eigenvalue weighted by molar-refractivity contribution is 5.98. The zero-order valence-electron chi connectivity index (χ0n) is 10.4. The zero-order chi connectivity index (χ0) is 12.3. The van der Waals surface area contributed by atoms with Crippen molar-refractivity contribution in [3.63, 3.8) is 0 Å². The van der Waals surface area contributed by atoms with Crippen molar-refractivity contribution in [3.8, 4) is 0 Å². The Bertz CT molecular complexity index is 370. The van der Waals surface area contributed by atoms with Gasteiger partial charge in [-0.2, -0.15) is 5.10 Å². The first-order valence-electron chi connectivity index (χ1n) is 5.46. The number of carbonyl (C=O) groups is 1. The Balaban J connectivity index is 2.67. The van der Waals surface area contributed by atoms with E-state index in [0.717, 1.165) is 13.0 Å². The van der Waals surface area contributed by atoms with Gasteiger partial charge in [0.25, 0.3) is 5.91 Å². The molecule has 5 heteroatoms. The van der Waals surface area contributed by atoms with Crippen molar-refractivity contribution in [1.29, 1.82) is 0 Å². The van der Waals surface area contributed by atoms with Gasteiger partial charge >= 0.3 is 0 Å². The van der Waals surface area contributed by atoms with Crippen LogP contribution >= 0.6 is 0 Å². The van der Waals surface area contributed by atoms with Crippen LogP contribution < -0.4 is 5.73 Å². The Hall–Kier alpha value is -1.52. The van der Waals surface area contributed by atoms with Crippen LogP contribution in [0.1, 0.15) is 30.6 Å². The topological polar surface area (TPSA) is 64.2 Å². The van der Waals surface area contributed by atoms with Gasteiger partial charge in [-0.05, 0) is 12.3 Å². The van der Waals surface area contributed by atoms with Gasteiger partial charge in [0.1, 0.15) is 11.4 Å². The lowest BCUT2D eigenvalue weighted by atomic mass is 10.1. The second-order valence-electron chi connectivity index (χ2n) is 4.48. The Morgan fingerprint density at radius 3 is 2.69 bits per heavy atom. The molecule has 2 N–H and O–H groups in total. The van der Waals surface area contributed by atoms with Gasteiger partial charge in [-0.1, -0.05) is 13.8 Å². The SMILES string of the molecule is CC(C)CCN(C)C(=O)c1cnn(C)c1N. The molecule has 0 saturated heterocycles. The third-order valence-electron chi connectivity index (χ3n) is 2.60. The number of aromatic nitrogens is 2. The number of amides is 1. The van der Waals surface area contributed by atoms with Crippen LogP contribution in [0.2, 0.25) is 0 Å². The fourth-order valence-electron chi connectivity index (χ4n) is 1.37. The maximum atomic E-state index is 12.0. The van der Waals surface area contributed by atoms with Crippen LogP contribution in [0.3, 0.4) is 0 Å². The standard InChI is InChI=1S/C11H20N4O/c1-8(2)5-6-14(3)11(16)9-7-13-15(4)10(9)12/h7-8H,5-6,12H2,1-4H3. The number of carbonyl (C=O) groups excluding carboxylic acids is 1. The highest BCUT2D eigenvalue weighted by Gasteiger charge is 2.17. The van der Waals surface area contributed by atoms with Crippen LogP contribution in [-0.2, 0) is 7.05 Å². The van der Waals surface area contributed by atoms with Crippen LogP contribution in [0.25, 0.3) is 0 Å². The first-order chi connectivity index (χ1) is 7.43. The van der Waals surface area contributed by atoms with Crippen molar-refractivity contribution in [2.75, 3.05) is 19.3 Å². The molecule has 0 saturated carbocycles. The number of rotatable bonds is 4. The van der Waals surface area contributed by atoms with Crippen molar-refractivity contribution in [1.82, 2.24) is 14.7 Å². The summed E-state index contributed by atoms with van der Waals surface area (Å²) >= 11 is 0. The van der Waals surface area contributed by atoms with E-state index in [4.69, 9.17) is 5.73 Å². The highest BCUT2D eigenvalue weighted by Crippen LogP contribution is 2.12. The molecule has 1 aromatic heterocycles. The van der Waals surface area contributed by atoms with Gasteiger partial charge in [0.2, 0.25) is 0 Å². The van der Waals surface area contributed by atoms with E-state index < -0.39 is 0 Å². The lowest BCUT2D eigenvalue weighted by molar-refractivity contribution is 0.0790. The van der Waals surface area contributed by atoms with E-state index in [9.17, 15) is 4.79 Å². The van der Waals surface area contributed by atoms with Crippen LogP contribution in [0.5, 0.6) is 0 Å². The molecule has 0 atom stereocenters. The van der Waals surface area contributed by atoms with Crippen molar-refractivity contribution in [2.24, 2.45) is 13.0 Å². The van der Waals surface area contributed by atoms with Crippen molar-refractivity contribution < 1.29 is 4.79 Å². The molecule has 0 aliphatic rings. The van der Waals surface area contributed by atoms with Gasteiger partial charge in [0, 0.05) is 20.6 Å². The van der Waals surface area contributed by atoms with E-state index in [0.29, 0.717) is 17.3 Å². The summed E-state index contributed by atoms with van der Waals surface area (Å²) < 4.78 is 1.50. The molecule has 0 spiro atoms. The van der Waals surface area contributed by atoms with Gasteiger partial charge in [-0.3, -0.25) is 9.48 Å². The summed E-state index contributed by atoms with van der Waals surface area (Å²) in [5.74, 6) is 0.939. The fraction of sp³-hybridized carbons (Fsp3) is 0.636. The number of hydrogen-bond donors (Lipinski definition) is 1. The first kappa shape index (κ1) is 12.5. The smallest absolute Gasteiger partial charge is 0.258 e. The summed E-state index contributed by atoms with van der Waals surface area (Å²) in [6.07, 6.45) is 2.51. The van der Waals surface area contributed by atoms with Crippen LogP contribution in [0.15, 0.2) is 6.20 Å². The van der Waals surface area contributed by atoms with Gasteiger partial charge in [-0.25, -0.2) is 0 Å². The molecule has 1 amide bonds. The molecular formula is C11H20N4O. The molecule has 0 bridgehead atoms. The Morgan fingerprint density at radius 2 is 2.25 bits per heavy atom. The first-order valence-corrected chi connectivity index (χ1v) is 5.46. The third kappa shape index (κ3) is 2.74. The summed E-state index contributed by atoms with van der Waals surface area (Å²) in [5, 5.41) is 3.96. The van der Waals surface area contributed by atoms with Crippen molar-refractivity contribution in [3.05, 3.63) is 11.8 Å². The number of aryl methyl sites for hydroxylation is 1. The van der Waals surface area contributed by atoms with E-state index in [1.54, 1.807) is 19.0 Å². The molecule has 0 aliphatic heterocycles. The van der Waals surface area contributed by atoms with E-state index in [1.165, 1.54) is 10.9 Å². The second-order valence-corrected chi connectivity index (χ2v) is 4.48. The molecule has 16 heavy (non-hydrogen) atoms. The minimum absolute atomic E-state index is 0.0637. The number of nitrogens with zero attached hydrogens (tertiary/aromatic N) is 3. The molecule has 0 radical (unpaired) electrons. The molecule has 1 aromatic rings. The number of hydrogen-bond acceptors (Lipinski definition) is 3. The molecule has 0 fully saturated rings. The maximum Gasteiger partial charge on any atom is 0.258 e. The second kappa shape index (κ2) is 5.01. The normalized spacial score (nSPS) is 10.8. The van der Waals surface area contributed by atoms with Crippen molar-refractivity contribution in [2.45, 2.75) is 20.3 Å². The largest absolute Gasteiger partial charge is 0.383 e. The molecule has 1 heterocycles. The lowest BCUT2D eigenvalue weighted by Crippen LogP contribution is -2.28. The Labute approximate surface area is 96.2 Å². The quantitative estimate of drug-likeness (QED) is 0.833. The Morgan fingerprint density at radius 1 is 1.62 bits per heavy atom. The van der Waals surface area contributed by atoms with E-state index >= 15 is 0 Å². The summed E-state index contributed by atoms with van der Waals surface area (Å²) in [4.78, 5) is 13.7. The van der Waals surface area contributed by atoms with Gasteiger partial charge in [0.05, 0.1) is 6.20 Å². The lowest BCUT2D eigenvalue weighted by Gasteiger charge is -2.17. The fourth-order valence-corrected chi connectivity index (χ4v) is 1.37. The number of anilines is 1. The molecular weight excluding hydrogens is 204 g/mol. The van der Waals surface area contributed by atoms with Crippen LogP contribution in [-0.4, -0.2) is 34.2 Å². The maximum absolute atomic E-state index is 12.0. The molecule has 0 unspecified atom stereocenters. The highest BCUT2D eigenvalue weighted by atomic mass is 16.2. The molecule has 90 valence electrons. The molecule has 5 nitrogen and oxygen atoms in total. The average Bonchev–Trinajstić information content (AvgIpc) is 2.55. The number of nitrogens with two attached hydrogens (primary N) is 1. The van der Waals surface area contributed by atoms with Crippen molar-refractivity contribution >= 4 is 11.7 Å². The van der Waals surface area contributed by atoms with E-state index in [2.05, 4.69) is 18.9 Å². The summed E-state index contributed by atoms with van der Waals surface area (Å²) in [6, 6.07) is 0. The van der Waals surface area contributed by atoms with Crippen LogP contribution in [0, 0.1) is 5.92 Å². The third-order valence-corrected chi connectivity index (χ3v) is 2.60. The predicted octanol–water partition coefficient (Wildman–Crippen LogP) is 1.12. The van der Waals surface area contributed by atoms with Crippen LogP contribution in [0.4, 0.5) is 5.82 Å². The molecule has 0 aromatic carbocycles. The van der Waals surface area contributed by atoms with Gasteiger partial charge in [0.15, 0.2) is 0 Å². The Kier molecular flexibility index (Phi) is 3.93. The minimum Gasteiger partial charge on any atom is -0.383 e. The van der Waals surface area contributed by atoms with Gasteiger partial charge in [-0.15, -0.1) is 0 Å². The molecule has 0 aliphatic carbocycles. The monoisotopic (exact) mass is 224 g/mol. The molecule has 1 rings (SSSR count).